The van der Waals surface area contributed by atoms with Crippen LogP contribution in [-0.4, -0.2) is 73.7 Å². The Morgan fingerprint density at radius 1 is 1.24 bits per heavy atom. The molecular weight excluding hydrogens is 378 g/mol. The molecule has 3 aliphatic heterocycles. The average molecular weight is 407 g/mol. The van der Waals surface area contributed by atoms with Crippen molar-refractivity contribution in [2.45, 2.75) is 70.6 Å². The third kappa shape index (κ3) is 4.17. The lowest BCUT2D eigenvalue weighted by atomic mass is 9.94. The van der Waals surface area contributed by atoms with Gasteiger partial charge in [-0.25, -0.2) is 14.7 Å². The number of piperidine rings is 1. The van der Waals surface area contributed by atoms with Gasteiger partial charge in [0.25, 0.3) is 0 Å². The largest absolute Gasteiger partial charge is 0.444 e. The Hall–Kier alpha value is -2.36. The number of hydroxylamine groups is 2. The molecule has 0 aromatic carbocycles. The van der Waals surface area contributed by atoms with E-state index in [1.54, 1.807) is 9.80 Å². The van der Waals surface area contributed by atoms with E-state index < -0.39 is 11.6 Å². The van der Waals surface area contributed by atoms with Crippen molar-refractivity contribution in [2.24, 2.45) is 5.92 Å². The Kier molecular flexibility index (Phi) is 5.14. The van der Waals surface area contributed by atoms with Gasteiger partial charge in [-0.2, -0.15) is 0 Å². The Labute approximate surface area is 169 Å². The van der Waals surface area contributed by atoms with E-state index in [4.69, 9.17) is 9.15 Å². The van der Waals surface area contributed by atoms with E-state index in [1.165, 1.54) is 0 Å². The molecule has 0 saturated carbocycles. The summed E-state index contributed by atoms with van der Waals surface area (Å²) in [5.41, 5.74) is -0.466. The normalized spacial score (nSPS) is 24.8. The molecule has 3 fully saturated rings. The van der Waals surface area contributed by atoms with Crippen molar-refractivity contribution in [1.82, 2.24) is 25.1 Å². The van der Waals surface area contributed by atoms with E-state index in [0.717, 1.165) is 37.4 Å². The van der Waals surface area contributed by atoms with Gasteiger partial charge in [0, 0.05) is 26.1 Å². The molecule has 0 aliphatic carbocycles. The monoisotopic (exact) mass is 407 g/mol. The highest BCUT2D eigenvalue weighted by Gasteiger charge is 2.46. The highest BCUT2D eigenvalue weighted by molar-refractivity contribution is 5.76. The summed E-state index contributed by atoms with van der Waals surface area (Å²) in [4.78, 5) is 27.4. The highest BCUT2D eigenvalue weighted by atomic mass is 16.6. The molecule has 10 nitrogen and oxygen atoms in total. The first-order valence-electron chi connectivity index (χ1n) is 10.3. The van der Waals surface area contributed by atoms with Gasteiger partial charge in [-0.3, -0.25) is 5.21 Å². The second-order valence-electron chi connectivity index (χ2n) is 9.20. The lowest BCUT2D eigenvalue weighted by Gasteiger charge is -2.39. The number of fused-ring (bicyclic) bond motifs is 2. The fourth-order valence-corrected chi connectivity index (χ4v) is 4.18. The first kappa shape index (κ1) is 19.9. The Balaban J connectivity index is 1.20. The molecular formula is C19H29N5O5. The van der Waals surface area contributed by atoms with Crippen molar-refractivity contribution in [3.63, 3.8) is 0 Å². The fraction of sp³-hybridized carbons (Fsp3) is 0.789. The molecule has 160 valence electrons. The Bertz CT molecular complexity index is 769. The van der Waals surface area contributed by atoms with Gasteiger partial charge in [-0.15, -0.1) is 10.2 Å². The van der Waals surface area contributed by atoms with Crippen molar-refractivity contribution < 1.29 is 24.0 Å². The van der Waals surface area contributed by atoms with E-state index in [0.29, 0.717) is 37.1 Å². The number of hydrogen-bond acceptors (Lipinski definition) is 7. The fourth-order valence-electron chi connectivity index (χ4n) is 4.18. The molecule has 0 unspecified atom stereocenters. The lowest BCUT2D eigenvalue weighted by Crippen LogP contribution is -2.51. The number of aryl methyl sites for hydroxylation is 1. The highest BCUT2D eigenvalue weighted by Crippen LogP contribution is 2.37. The van der Waals surface area contributed by atoms with Crippen LogP contribution in [0.4, 0.5) is 9.59 Å². The van der Waals surface area contributed by atoms with Gasteiger partial charge in [0.05, 0.1) is 6.04 Å². The number of carbonyl (C=O) groups is 2. The van der Waals surface area contributed by atoms with Gasteiger partial charge >= 0.3 is 12.1 Å². The van der Waals surface area contributed by atoms with Gasteiger partial charge < -0.3 is 19.0 Å². The zero-order chi connectivity index (χ0) is 20.8. The second kappa shape index (κ2) is 7.47. The molecule has 3 saturated heterocycles. The maximum absolute atomic E-state index is 12.1. The smallest absolute Gasteiger partial charge is 0.410 e. The zero-order valence-electron chi connectivity index (χ0n) is 17.2. The van der Waals surface area contributed by atoms with E-state index in [1.807, 2.05) is 20.8 Å². The number of likely N-dealkylation sites (tertiary alicyclic amines) is 1. The van der Waals surface area contributed by atoms with Crippen LogP contribution in [0.5, 0.6) is 0 Å². The van der Waals surface area contributed by atoms with E-state index in [2.05, 4.69) is 10.2 Å². The predicted molar refractivity (Wildman–Crippen MR) is 100 cm³/mol. The first-order chi connectivity index (χ1) is 13.7. The third-order valence-corrected chi connectivity index (χ3v) is 5.72. The minimum Gasteiger partial charge on any atom is -0.444 e. The van der Waals surface area contributed by atoms with Crippen LogP contribution < -0.4 is 0 Å². The van der Waals surface area contributed by atoms with Gasteiger partial charge in [-0.05, 0) is 52.4 Å². The molecule has 10 heteroatoms. The molecule has 1 aromatic heterocycles. The van der Waals surface area contributed by atoms with Crippen molar-refractivity contribution >= 4 is 12.1 Å². The van der Waals surface area contributed by atoms with E-state index in [9.17, 15) is 14.8 Å². The van der Waals surface area contributed by atoms with E-state index in [-0.39, 0.29) is 18.2 Å². The van der Waals surface area contributed by atoms with Crippen LogP contribution in [0.15, 0.2) is 4.42 Å². The van der Waals surface area contributed by atoms with Crippen molar-refractivity contribution in [1.29, 1.82) is 0 Å². The Morgan fingerprint density at radius 3 is 2.72 bits per heavy atom. The molecule has 1 N–H and O–H groups in total. The number of amides is 3. The van der Waals surface area contributed by atoms with Crippen LogP contribution in [0.3, 0.4) is 0 Å². The standard InChI is InChI=1S/C19H29N5O5/c1-19(2,3)29-18(26)22-9-12(10-22)5-4-6-15-20-21-16(28-15)14-8-7-13-11-23(14)17(25)24(13)27/h12-14,27H,4-11H2,1-3H3/t13-,14-/m0/s1. The summed E-state index contributed by atoms with van der Waals surface area (Å²) in [6, 6.07) is -0.785. The van der Waals surface area contributed by atoms with Crippen LogP contribution in [0.1, 0.15) is 64.3 Å². The van der Waals surface area contributed by atoms with E-state index >= 15 is 0 Å². The number of aromatic nitrogens is 2. The predicted octanol–water partition coefficient (Wildman–Crippen LogP) is 2.59. The van der Waals surface area contributed by atoms with Crippen LogP contribution >= 0.6 is 0 Å². The summed E-state index contributed by atoms with van der Waals surface area (Å²) in [5.74, 6) is 1.48. The number of rotatable bonds is 5. The number of hydrogen-bond donors (Lipinski definition) is 1. The molecule has 3 amide bonds. The summed E-state index contributed by atoms with van der Waals surface area (Å²) in [7, 11) is 0. The average Bonchev–Trinajstić information content (AvgIpc) is 3.16. The first-order valence-corrected chi connectivity index (χ1v) is 10.3. The van der Waals surface area contributed by atoms with Crippen LogP contribution in [-0.2, 0) is 11.2 Å². The van der Waals surface area contributed by atoms with Gasteiger partial charge in [0.15, 0.2) is 0 Å². The minimum absolute atomic E-state index is 0.135. The van der Waals surface area contributed by atoms with Gasteiger partial charge in [-0.1, -0.05) is 0 Å². The van der Waals surface area contributed by atoms with Crippen molar-refractivity contribution in [2.75, 3.05) is 19.6 Å². The summed E-state index contributed by atoms with van der Waals surface area (Å²) < 4.78 is 11.2. The summed E-state index contributed by atoms with van der Waals surface area (Å²) in [6.07, 6.45) is 3.73. The number of urea groups is 1. The quantitative estimate of drug-likeness (QED) is 0.747. The molecule has 4 heterocycles. The lowest BCUT2D eigenvalue weighted by molar-refractivity contribution is -0.0584. The molecule has 0 radical (unpaired) electrons. The van der Waals surface area contributed by atoms with Crippen LogP contribution in [0.25, 0.3) is 0 Å². The van der Waals surface area contributed by atoms with Gasteiger partial charge in [0.2, 0.25) is 11.8 Å². The molecule has 1 aromatic rings. The molecule has 2 atom stereocenters. The number of nitrogens with zero attached hydrogens (tertiary/aromatic N) is 5. The maximum Gasteiger partial charge on any atom is 0.410 e. The number of carbonyl (C=O) groups excluding carboxylic acids is 2. The molecule has 3 aliphatic rings. The van der Waals surface area contributed by atoms with Crippen LogP contribution in [0, 0.1) is 5.92 Å². The SMILES string of the molecule is CC(C)(C)OC(=O)N1CC(CCCc2nnc([C@@H]3CC[C@H]4CN3C(=O)N4O)o2)C1. The Morgan fingerprint density at radius 2 is 2.00 bits per heavy atom. The second-order valence-corrected chi connectivity index (χ2v) is 9.20. The number of ether oxygens (including phenoxy) is 1. The molecule has 29 heavy (non-hydrogen) atoms. The summed E-state index contributed by atoms with van der Waals surface area (Å²) in [5, 5.41) is 18.9. The third-order valence-electron chi connectivity index (χ3n) is 5.72. The molecule has 2 bridgehead atoms. The topological polar surface area (TPSA) is 112 Å². The maximum atomic E-state index is 12.1. The van der Waals surface area contributed by atoms with Crippen molar-refractivity contribution in [3.05, 3.63) is 11.8 Å². The van der Waals surface area contributed by atoms with Crippen LogP contribution in [0.2, 0.25) is 0 Å². The minimum atomic E-state index is -0.466. The molecule has 0 spiro atoms. The summed E-state index contributed by atoms with van der Waals surface area (Å²) >= 11 is 0. The van der Waals surface area contributed by atoms with Gasteiger partial charge in [0.1, 0.15) is 11.6 Å². The summed E-state index contributed by atoms with van der Waals surface area (Å²) in [6.45, 7) is 7.54. The zero-order valence-corrected chi connectivity index (χ0v) is 17.2. The molecule has 4 rings (SSSR count). The van der Waals surface area contributed by atoms with Crippen molar-refractivity contribution in [3.8, 4) is 0 Å².